The van der Waals surface area contributed by atoms with E-state index >= 15 is 0 Å². The minimum atomic E-state index is -0.185. The van der Waals surface area contributed by atoms with Crippen molar-refractivity contribution in [2.24, 2.45) is 5.92 Å². The lowest BCUT2D eigenvalue weighted by Gasteiger charge is -2.29. The summed E-state index contributed by atoms with van der Waals surface area (Å²) < 4.78 is 1.24. The van der Waals surface area contributed by atoms with Gasteiger partial charge in [-0.25, -0.2) is 4.68 Å². The highest BCUT2D eigenvalue weighted by Gasteiger charge is 2.26. The molecule has 0 fully saturated rings. The molecule has 0 unspecified atom stereocenters. The molecule has 1 atom stereocenters. The number of benzene rings is 1. The minimum Gasteiger partial charge on any atom is -0.311 e. The molecular formula is C21H22N4O2S. The second-order valence-electron chi connectivity index (χ2n) is 7.86. The monoisotopic (exact) mass is 394 g/mol. The number of para-hydroxylation sites is 1. The Bertz CT molecular complexity index is 1130. The Balaban J connectivity index is 1.49. The van der Waals surface area contributed by atoms with Gasteiger partial charge in [0.15, 0.2) is 4.83 Å². The van der Waals surface area contributed by atoms with E-state index in [1.807, 2.05) is 18.2 Å². The largest absolute Gasteiger partial charge is 0.311 e. The molecule has 1 amide bonds. The predicted octanol–water partition coefficient (Wildman–Crippen LogP) is 2.96. The number of rotatable bonds is 2. The molecular weight excluding hydrogens is 372 g/mol. The fourth-order valence-corrected chi connectivity index (χ4v) is 5.72. The van der Waals surface area contributed by atoms with Crippen molar-refractivity contribution in [3.63, 3.8) is 0 Å². The molecule has 0 saturated heterocycles. The van der Waals surface area contributed by atoms with Crippen LogP contribution in [-0.2, 0) is 30.6 Å². The summed E-state index contributed by atoms with van der Waals surface area (Å²) in [6.45, 7) is 2.84. The summed E-state index contributed by atoms with van der Waals surface area (Å²) in [6, 6.07) is 7.98. The van der Waals surface area contributed by atoms with Crippen molar-refractivity contribution in [3.8, 4) is 0 Å². The van der Waals surface area contributed by atoms with Gasteiger partial charge in [0.1, 0.15) is 6.54 Å². The van der Waals surface area contributed by atoms with Gasteiger partial charge < -0.3 is 4.90 Å². The number of thiophene rings is 1. The zero-order valence-electron chi connectivity index (χ0n) is 15.9. The highest BCUT2D eigenvalue weighted by molar-refractivity contribution is 7.18. The first-order valence-corrected chi connectivity index (χ1v) is 10.7. The Morgan fingerprint density at radius 2 is 2.14 bits per heavy atom. The summed E-state index contributed by atoms with van der Waals surface area (Å²) in [4.78, 5) is 29.8. The van der Waals surface area contributed by atoms with E-state index in [9.17, 15) is 9.59 Å². The van der Waals surface area contributed by atoms with Crippen molar-refractivity contribution >= 4 is 33.1 Å². The molecule has 7 heteroatoms. The molecule has 2 aromatic heterocycles. The normalized spacial score (nSPS) is 18.8. The fourth-order valence-electron chi connectivity index (χ4n) is 4.40. The summed E-state index contributed by atoms with van der Waals surface area (Å²) >= 11 is 1.58. The number of aryl methyl sites for hydroxylation is 2. The first kappa shape index (κ1) is 17.6. The van der Waals surface area contributed by atoms with E-state index < -0.39 is 0 Å². The first-order valence-electron chi connectivity index (χ1n) is 9.88. The topological polar surface area (TPSA) is 68.1 Å². The van der Waals surface area contributed by atoms with E-state index in [1.54, 1.807) is 16.2 Å². The summed E-state index contributed by atoms with van der Waals surface area (Å²) in [7, 11) is 0. The highest BCUT2D eigenvalue weighted by atomic mass is 32.1. The van der Waals surface area contributed by atoms with Gasteiger partial charge in [-0.15, -0.1) is 16.4 Å². The van der Waals surface area contributed by atoms with Crippen LogP contribution in [0.15, 0.2) is 29.1 Å². The Morgan fingerprint density at radius 1 is 1.29 bits per heavy atom. The lowest BCUT2D eigenvalue weighted by molar-refractivity contribution is -0.119. The van der Waals surface area contributed by atoms with Gasteiger partial charge >= 0.3 is 0 Å². The Labute approximate surface area is 166 Å². The molecule has 3 aromatic rings. The number of hydrogen-bond acceptors (Lipinski definition) is 5. The van der Waals surface area contributed by atoms with E-state index in [2.05, 4.69) is 23.3 Å². The highest BCUT2D eigenvalue weighted by Crippen LogP contribution is 2.35. The number of carbonyl (C=O) groups excluding carboxylic acids is 1. The quantitative estimate of drug-likeness (QED) is 0.670. The van der Waals surface area contributed by atoms with E-state index in [0.717, 1.165) is 43.4 Å². The van der Waals surface area contributed by atoms with Crippen LogP contribution in [0.25, 0.3) is 10.2 Å². The Morgan fingerprint density at radius 3 is 3.04 bits per heavy atom. The SMILES string of the molecule is C[C@H]1CCc2c(sc3nnn(CC(=O)N4CCCc5ccccc54)c(=O)c23)C1. The summed E-state index contributed by atoms with van der Waals surface area (Å²) in [5.74, 6) is 0.525. The van der Waals surface area contributed by atoms with Crippen molar-refractivity contribution in [2.45, 2.75) is 45.6 Å². The van der Waals surface area contributed by atoms with Crippen LogP contribution in [0.2, 0.25) is 0 Å². The molecule has 144 valence electrons. The molecule has 0 spiro atoms. The fraction of sp³-hybridized carbons (Fsp3) is 0.429. The lowest BCUT2D eigenvalue weighted by atomic mass is 9.89. The average molecular weight is 395 g/mol. The van der Waals surface area contributed by atoms with Crippen LogP contribution in [0.5, 0.6) is 0 Å². The molecule has 28 heavy (non-hydrogen) atoms. The summed E-state index contributed by atoms with van der Waals surface area (Å²) in [6.07, 6.45) is 4.90. The number of fused-ring (bicyclic) bond motifs is 4. The number of aromatic nitrogens is 3. The van der Waals surface area contributed by atoms with Gasteiger partial charge in [0.25, 0.3) is 5.56 Å². The van der Waals surface area contributed by atoms with Crippen LogP contribution in [0.1, 0.15) is 35.8 Å². The van der Waals surface area contributed by atoms with E-state index in [1.165, 1.54) is 15.1 Å². The number of nitrogens with zero attached hydrogens (tertiary/aromatic N) is 4. The van der Waals surface area contributed by atoms with Crippen molar-refractivity contribution in [1.82, 2.24) is 15.0 Å². The van der Waals surface area contributed by atoms with Crippen molar-refractivity contribution < 1.29 is 4.79 Å². The van der Waals surface area contributed by atoms with Gasteiger partial charge in [-0.05, 0) is 55.2 Å². The predicted molar refractivity (Wildman–Crippen MR) is 110 cm³/mol. The molecule has 2 aliphatic rings. The van der Waals surface area contributed by atoms with Gasteiger partial charge in [-0.2, -0.15) is 0 Å². The second kappa shape index (κ2) is 6.81. The second-order valence-corrected chi connectivity index (χ2v) is 8.95. The smallest absolute Gasteiger partial charge is 0.279 e. The van der Waals surface area contributed by atoms with Gasteiger partial charge in [0.2, 0.25) is 5.91 Å². The zero-order chi connectivity index (χ0) is 19.3. The summed E-state index contributed by atoms with van der Waals surface area (Å²) in [5, 5.41) is 9.03. The van der Waals surface area contributed by atoms with Gasteiger partial charge in [-0.3, -0.25) is 9.59 Å². The van der Waals surface area contributed by atoms with Crippen molar-refractivity contribution in [2.75, 3.05) is 11.4 Å². The molecule has 1 aromatic carbocycles. The lowest BCUT2D eigenvalue weighted by Crippen LogP contribution is -2.40. The van der Waals surface area contributed by atoms with Gasteiger partial charge in [-0.1, -0.05) is 30.3 Å². The number of hydrogen-bond donors (Lipinski definition) is 0. The van der Waals surface area contributed by atoms with E-state index in [0.29, 0.717) is 22.7 Å². The Kier molecular flexibility index (Phi) is 4.27. The van der Waals surface area contributed by atoms with Gasteiger partial charge in [0, 0.05) is 17.1 Å². The van der Waals surface area contributed by atoms with Crippen LogP contribution < -0.4 is 10.5 Å². The molecule has 1 aliphatic heterocycles. The number of anilines is 1. The third-order valence-corrected chi connectivity index (χ3v) is 7.02. The maximum absolute atomic E-state index is 13.1. The molecule has 0 saturated carbocycles. The number of amides is 1. The summed E-state index contributed by atoms with van der Waals surface area (Å²) in [5.41, 5.74) is 3.07. The van der Waals surface area contributed by atoms with Crippen molar-refractivity contribution in [3.05, 3.63) is 50.6 Å². The van der Waals surface area contributed by atoms with Crippen LogP contribution in [0, 0.1) is 5.92 Å². The molecule has 6 nitrogen and oxygen atoms in total. The van der Waals surface area contributed by atoms with Crippen LogP contribution >= 0.6 is 11.3 Å². The maximum Gasteiger partial charge on any atom is 0.279 e. The van der Waals surface area contributed by atoms with Crippen LogP contribution in [-0.4, -0.2) is 27.4 Å². The third-order valence-electron chi connectivity index (χ3n) is 5.88. The van der Waals surface area contributed by atoms with Crippen LogP contribution in [0.4, 0.5) is 5.69 Å². The average Bonchev–Trinajstić information content (AvgIpc) is 3.07. The molecule has 0 radical (unpaired) electrons. The third kappa shape index (κ3) is 2.85. The number of carbonyl (C=O) groups is 1. The van der Waals surface area contributed by atoms with Crippen LogP contribution in [0.3, 0.4) is 0 Å². The standard InChI is InChI=1S/C21H22N4O2S/c1-13-8-9-15-17(11-13)28-20-19(15)21(27)25(23-22-20)12-18(26)24-10-4-6-14-5-2-3-7-16(14)24/h2-3,5,7,13H,4,6,8-12H2,1H3/t13-/m0/s1. The molecule has 1 aliphatic carbocycles. The first-order chi connectivity index (χ1) is 13.6. The molecule has 0 N–H and O–H groups in total. The molecule has 5 rings (SSSR count). The van der Waals surface area contributed by atoms with Gasteiger partial charge in [0.05, 0.1) is 5.39 Å². The van der Waals surface area contributed by atoms with E-state index in [4.69, 9.17) is 0 Å². The zero-order valence-corrected chi connectivity index (χ0v) is 16.7. The van der Waals surface area contributed by atoms with Crippen molar-refractivity contribution in [1.29, 1.82) is 0 Å². The molecule has 0 bridgehead atoms. The van der Waals surface area contributed by atoms with E-state index in [-0.39, 0.29) is 18.0 Å². The maximum atomic E-state index is 13.1. The Hall–Kier alpha value is -2.54. The minimum absolute atomic E-state index is 0.0723. The molecule has 3 heterocycles.